The molecule has 1 rings (SSSR count). The molecule has 1 aromatic carbocycles. The fraction of sp³-hybridized carbons (Fsp3) is 0. The van der Waals surface area contributed by atoms with Gasteiger partial charge in [0.25, 0.3) is 0 Å². The first-order valence-electron chi connectivity index (χ1n) is 4.12. The number of hydrogen-bond acceptors (Lipinski definition) is 4. The maximum absolute atomic E-state index is 10.5. The maximum atomic E-state index is 10.5. The molecule has 1 aromatic rings. The van der Waals surface area contributed by atoms with Crippen LogP contribution in [0.4, 0.5) is 0 Å². The maximum Gasteiger partial charge on any atom is 0.343 e. The van der Waals surface area contributed by atoms with Crippen molar-refractivity contribution in [1.29, 1.82) is 0 Å². The van der Waals surface area contributed by atoms with Crippen LogP contribution in [0.3, 0.4) is 0 Å². The molecular formula is C10H8O6. The van der Waals surface area contributed by atoms with E-state index >= 15 is 0 Å². The first kappa shape index (κ1) is 11.6. The van der Waals surface area contributed by atoms with E-state index in [4.69, 9.17) is 15.3 Å². The largest absolute Gasteiger partial charge is 0.504 e. The fourth-order valence-corrected chi connectivity index (χ4v) is 1.04. The summed E-state index contributed by atoms with van der Waals surface area (Å²) < 4.78 is 0. The Balaban J connectivity index is 3.29. The van der Waals surface area contributed by atoms with E-state index in [1.54, 1.807) is 0 Å². The van der Waals surface area contributed by atoms with Gasteiger partial charge in [-0.15, -0.1) is 0 Å². The number of carbonyl (C=O) groups is 2. The number of rotatable bonds is 3. The summed E-state index contributed by atoms with van der Waals surface area (Å²) in [7, 11) is 0. The molecule has 0 amide bonds. The summed E-state index contributed by atoms with van der Waals surface area (Å²) in [4.78, 5) is 21.1. The summed E-state index contributed by atoms with van der Waals surface area (Å²) in [5.74, 6) is -4.28. The lowest BCUT2D eigenvalue weighted by Crippen LogP contribution is -2.10. The lowest BCUT2D eigenvalue weighted by atomic mass is 10.1. The Morgan fingerprint density at radius 3 is 2.12 bits per heavy atom. The summed E-state index contributed by atoms with van der Waals surface area (Å²) in [5.41, 5.74) is -0.985. The number of hydrogen-bond donors (Lipinski definition) is 4. The van der Waals surface area contributed by atoms with E-state index in [1.807, 2.05) is 0 Å². The highest BCUT2D eigenvalue weighted by Crippen LogP contribution is 2.29. The number of aliphatic carboxylic acids is 2. The Kier molecular flexibility index (Phi) is 3.14. The minimum atomic E-state index is -1.63. The Hall–Kier alpha value is -2.50. The predicted octanol–water partition coefficient (Wildman–Crippen LogP) is 0.650. The van der Waals surface area contributed by atoms with E-state index in [9.17, 15) is 14.7 Å². The molecule has 0 aliphatic heterocycles. The van der Waals surface area contributed by atoms with Gasteiger partial charge in [0.1, 0.15) is 5.57 Å². The quantitative estimate of drug-likeness (QED) is 0.259. The van der Waals surface area contributed by atoms with Crippen LogP contribution in [0.15, 0.2) is 23.8 Å². The molecular weight excluding hydrogens is 216 g/mol. The predicted molar refractivity (Wildman–Crippen MR) is 53.0 cm³/mol. The van der Waals surface area contributed by atoms with E-state index in [0.29, 0.717) is 0 Å². The third-order valence-corrected chi connectivity index (χ3v) is 1.81. The van der Waals surface area contributed by atoms with Gasteiger partial charge in [-0.1, -0.05) is 12.1 Å². The smallest absolute Gasteiger partial charge is 0.343 e. The van der Waals surface area contributed by atoms with Crippen molar-refractivity contribution in [2.24, 2.45) is 0 Å². The van der Waals surface area contributed by atoms with Crippen LogP contribution in [0.2, 0.25) is 0 Å². The van der Waals surface area contributed by atoms with Gasteiger partial charge in [0.15, 0.2) is 11.5 Å². The molecule has 0 radical (unpaired) electrons. The molecule has 0 aliphatic rings. The minimum Gasteiger partial charge on any atom is -0.504 e. The third kappa shape index (κ3) is 2.30. The molecule has 0 saturated carbocycles. The molecule has 4 N–H and O–H groups in total. The first-order chi connectivity index (χ1) is 7.43. The topological polar surface area (TPSA) is 115 Å². The summed E-state index contributed by atoms with van der Waals surface area (Å²) in [5, 5.41) is 35.6. The Morgan fingerprint density at radius 1 is 1.06 bits per heavy atom. The van der Waals surface area contributed by atoms with E-state index in [1.165, 1.54) is 18.2 Å². The average molecular weight is 224 g/mol. The second-order valence-corrected chi connectivity index (χ2v) is 2.88. The van der Waals surface area contributed by atoms with Gasteiger partial charge in [-0.2, -0.15) is 0 Å². The zero-order valence-electron chi connectivity index (χ0n) is 7.91. The molecule has 0 atom stereocenters. The molecule has 6 nitrogen and oxygen atoms in total. The Labute approximate surface area is 89.7 Å². The van der Waals surface area contributed by atoms with Crippen LogP contribution in [0.25, 0.3) is 6.08 Å². The van der Waals surface area contributed by atoms with Crippen LogP contribution < -0.4 is 0 Å². The molecule has 0 aliphatic carbocycles. The summed E-state index contributed by atoms with van der Waals surface area (Å²) in [6.07, 6.45) is 0.764. The zero-order valence-corrected chi connectivity index (χ0v) is 7.91. The number of para-hydroxylation sites is 1. The molecule has 6 heteroatoms. The second kappa shape index (κ2) is 4.35. The van der Waals surface area contributed by atoms with Gasteiger partial charge >= 0.3 is 11.9 Å². The van der Waals surface area contributed by atoms with Crippen molar-refractivity contribution in [3.63, 3.8) is 0 Å². The number of benzene rings is 1. The van der Waals surface area contributed by atoms with Crippen molar-refractivity contribution in [1.82, 2.24) is 0 Å². The monoisotopic (exact) mass is 224 g/mol. The molecule has 0 fully saturated rings. The van der Waals surface area contributed by atoms with E-state index in [-0.39, 0.29) is 5.56 Å². The van der Waals surface area contributed by atoms with Crippen molar-refractivity contribution in [2.45, 2.75) is 0 Å². The average Bonchev–Trinajstić information content (AvgIpc) is 2.19. The van der Waals surface area contributed by atoms with Crippen LogP contribution in [0.1, 0.15) is 5.56 Å². The van der Waals surface area contributed by atoms with Crippen molar-refractivity contribution < 1.29 is 30.0 Å². The van der Waals surface area contributed by atoms with Gasteiger partial charge < -0.3 is 20.4 Å². The normalized spacial score (nSPS) is 9.50. The highest BCUT2D eigenvalue weighted by atomic mass is 16.4. The molecule has 0 spiro atoms. The van der Waals surface area contributed by atoms with Crippen molar-refractivity contribution >= 4 is 18.0 Å². The van der Waals surface area contributed by atoms with Gasteiger partial charge in [0.05, 0.1) is 0 Å². The van der Waals surface area contributed by atoms with Gasteiger partial charge in [-0.3, -0.25) is 0 Å². The van der Waals surface area contributed by atoms with Gasteiger partial charge in [0, 0.05) is 5.56 Å². The summed E-state index contributed by atoms with van der Waals surface area (Å²) in [6, 6.07) is 3.82. The number of phenolic OH excluding ortho intramolecular Hbond substituents is 2. The van der Waals surface area contributed by atoms with Crippen LogP contribution in [0.5, 0.6) is 11.5 Å². The molecule has 0 heterocycles. The van der Waals surface area contributed by atoms with Gasteiger partial charge in [0.2, 0.25) is 0 Å². The highest BCUT2D eigenvalue weighted by Gasteiger charge is 2.17. The molecule has 0 saturated heterocycles. The van der Waals surface area contributed by atoms with Crippen molar-refractivity contribution in [3.05, 3.63) is 29.3 Å². The fourth-order valence-electron chi connectivity index (χ4n) is 1.04. The third-order valence-electron chi connectivity index (χ3n) is 1.81. The zero-order chi connectivity index (χ0) is 12.3. The van der Waals surface area contributed by atoms with E-state index in [2.05, 4.69) is 0 Å². The number of aromatic hydroxyl groups is 2. The lowest BCUT2D eigenvalue weighted by molar-refractivity contribution is -0.139. The highest BCUT2D eigenvalue weighted by molar-refractivity contribution is 6.16. The van der Waals surface area contributed by atoms with Crippen LogP contribution >= 0.6 is 0 Å². The SMILES string of the molecule is O=C(O)C(=Cc1cccc(O)c1O)C(=O)O. The van der Waals surface area contributed by atoms with Gasteiger partial charge in [-0.05, 0) is 12.1 Å². The van der Waals surface area contributed by atoms with Crippen LogP contribution in [-0.2, 0) is 9.59 Å². The second-order valence-electron chi connectivity index (χ2n) is 2.88. The molecule has 16 heavy (non-hydrogen) atoms. The van der Waals surface area contributed by atoms with Crippen LogP contribution in [-0.4, -0.2) is 32.4 Å². The summed E-state index contributed by atoms with van der Waals surface area (Å²) >= 11 is 0. The molecule has 0 unspecified atom stereocenters. The van der Waals surface area contributed by atoms with Crippen molar-refractivity contribution in [2.75, 3.05) is 0 Å². The first-order valence-corrected chi connectivity index (χ1v) is 4.12. The molecule has 0 bridgehead atoms. The van der Waals surface area contributed by atoms with Crippen molar-refractivity contribution in [3.8, 4) is 11.5 Å². The molecule has 0 aromatic heterocycles. The standard InChI is InChI=1S/C10H8O6/c11-7-3-1-2-5(8(7)12)4-6(9(13)14)10(15)16/h1-4,11-12H,(H,13,14)(H,15,16). The Bertz CT molecular complexity index is 458. The minimum absolute atomic E-state index is 0.0835. The number of carboxylic acid groups (broad SMARTS) is 2. The molecule has 84 valence electrons. The van der Waals surface area contributed by atoms with E-state index < -0.39 is 29.0 Å². The van der Waals surface area contributed by atoms with E-state index in [0.717, 1.165) is 6.08 Å². The number of phenols is 2. The summed E-state index contributed by atoms with van der Waals surface area (Å²) in [6.45, 7) is 0. The Morgan fingerprint density at radius 2 is 1.62 bits per heavy atom. The number of carboxylic acids is 2. The van der Waals surface area contributed by atoms with Crippen LogP contribution in [0, 0.1) is 0 Å². The lowest BCUT2D eigenvalue weighted by Gasteiger charge is -2.02. The van der Waals surface area contributed by atoms with Gasteiger partial charge in [-0.25, -0.2) is 9.59 Å².